The van der Waals surface area contributed by atoms with E-state index in [0.717, 1.165) is 40.8 Å². The fourth-order valence-corrected chi connectivity index (χ4v) is 13.2. The Morgan fingerprint density at radius 3 is 2.49 bits per heavy atom. The molecule has 452 valence electrons. The van der Waals surface area contributed by atoms with E-state index in [1.165, 1.54) is 59.6 Å². The van der Waals surface area contributed by atoms with Crippen molar-refractivity contribution in [3.05, 3.63) is 75.8 Å². The average molecular weight is 1210 g/mol. The molecule has 0 radical (unpaired) electrons. The summed E-state index contributed by atoms with van der Waals surface area (Å²) in [5, 5.41) is 19.6. The summed E-state index contributed by atoms with van der Waals surface area (Å²) in [6.07, 6.45) is 3.25. The van der Waals surface area contributed by atoms with E-state index in [4.69, 9.17) is 44.9 Å². The molecule has 1 aliphatic carbocycles. The van der Waals surface area contributed by atoms with Crippen LogP contribution in [0, 0.1) is 5.92 Å². The first-order valence-electron chi connectivity index (χ1n) is 27.6. The number of aliphatic hydroxyl groups is 1. The normalized spacial score (nSPS) is 26.5. The number of ether oxygens (including phenoxy) is 6. The van der Waals surface area contributed by atoms with Gasteiger partial charge in [0.05, 0.1) is 44.1 Å². The molecule has 0 spiro atoms. The molecule has 5 aliphatic rings. The Bertz CT molecular complexity index is 2910. The van der Waals surface area contributed by atoms with Gasteiger partial charge in [0.1, 0.15) is 46.5 Å². The Hall–Kier alpha value is -6.18. The van der Waals surface area contributed by atoms with E-state index in [9.17, 15) is 43.5 Å². The van der Waals surface area contributed by atoms with Crippen LogP contribution in [0.4, 0.5) is 10.5 Å². The maximum Gasteiger partial charge on any atom is 0.409 e. The number of epoxide rings is 1. The third-order valence-corrected chi connectivity index (χ3v) is 19.0. The molecule has 4 heterocycles. The summed E-state index contributed by atoms with van der Waals surface area (Å²) >= 11 is 6.84. The minimum atomic E-state index is -1.88. The molecule has 2 aromatic rings. The second-order valence-electron chi connectivity index (χ2n) is 22.3. The molecular weight excluding hydrogens is 1140 g/mol. The largest absolute Gasteiger partial charge is 0.495 e. The van der Waals surface area contributed by atoms with E-state index < -0.39 is 88.2 Å². The number of imide groups is 1. The van der Waals surface area contributed by atoms with E-state index in [2.05, 4.69) is 15.8 Å². The molecule has 1 unspecified atom stereocenters. The number of hydrazone groups is 1. The molecule has 3 fully saturated rings. The van der Waals surface area contributed by atoms with Gasteiger partial charge in [0.2, 0.25) is 17.7 Å². The Kier molecular flexibility index (Phi) is 21.5. The molecule has 4 aliphatic heterocycles. The topological polar surface area (TPSA) is 271 Å². The van der Waals surface area contributed by atoms with Crippen molar-refractivity contribution >= 4 is 92.2 Å². The fourth-order valence-electron chi connectivity index (χ4n) is 10.4. The molecule has 3 N–H and O–H groups in total. The number of fused-ring (bicyclic) bond motifs is 6. The fraction of sp³-hybridized carbons (Fsp3) is 0.569. The molecule has 6 amide bonds. The van der Waals surface area contributed by atoms with Gasteiger partial charge in [-0.1, -0.05) is 63.9 Å². The van der Waals surface area contributed by atoms with Gasteiger partial charge in [-0.3, -0.25) is 29.3 Å². The smallest absolute Gasteiger partial charge is 0.409 e. The van der Waals surface area contributed by atoms with Crippen LogP contribution in [0.25, 0.3) is 0 Å². The highest BCUT2D eigenvalue weighted by Crippen LogP contribution is 2.49. The van der Waals surface area contributed by atoms with Crippen molar-refractivity contribution < 1.29 is 76.7 Å². The van der Waals surface area contributed by atoms with E-state index in [1.807, 2.05) is 39.0 Å². The lowest BCUT2D eigenvalue weighted by atomic mass is 9.83. The molecule has 4 bridgehead atoms. The zero-order chi connectivity index (χ0) is 60.6. The number of rotatable bonds is 19. The SMILES string of the molecule is COc1cc2cc(c1Cl)N(C)C(=O)C[C@H](OC(=O)[C@H](C)N(C)C(=O)CCSSC(C)(C)CC(=O)N/N=C1\CCCc3cc(OCCCC(=O)ON4C(=O)CCC4=O)ccc31)C1(C)O[C@H]1[C@H](C)[C@@H]1C[C@@](O)(NC(=O)O1)[C@H](OC)/C=C/C=C(\C)C2. The van der Waals surface area contributed by atoms with Crippen LogP contribution in [0.1, 0.15) is 122 Å². The highest BCUT2D eigenvalue weighted by molar-refractivity contribution is 8.77. The number of likely N-dealkylation sites (N-methyl/N-ethyl adjacent to an activating group) is 1. The van der Waals surface area contributed by atoms with E-state index in [1.54, 1.807) is 51.2 Å². The van der Waals surface area contributed by atoms with Crippen molar-refractivity contribution in [3.8, 4) is 11.5 Å². The van der Waals surface area contributed by atoms with E-state index in [0.29, 0.717) is 47.3 Å². The van der Waals surface area contributed by atoms with Crippen molar-refractivity contribution in [2.45, 2.75) is 165 Å². The van der Waals surface area contributed by atoms with Gasteiger partial charge in [-0.05, 0) is 108 Å². The number of esters is 1. The standard InChI is InChI=1S/C58H75ClN6O16S2/c1-33-14-11-17-44(76-10)58(74)31-43(78-55(73)60-58)34(2)53-57(6,80-53)45(30-50(70)64(8)41-27-36(26-33)28-42(75-9)52(41)59)79-54(72)35(3)63(7)47(67)23-25-82-83-56(4,5)32-46(66)62-61-40-16-12-15-37-29-38(19-20-39(37)40)77-24-13-18-51(71)81-65-48(68)21-22-49(65)69/h11,14,17,19-20,27-29,34-35,43-45,53,74H,12-13,15-16,18,21-26,30-32H2,1-10H3,(H,60,73)(H,62,66)/b17-11+,33-14+,61-40+/t34-,35+,43+,44-,45+,53+,57?,58+/m1/s1. The number of nitrogens with one attached hydrogen (secondary N) is 2. The first kappa shape index (κ1) is 64.4. The molecule has 22 nitrogen and oxygen atoms in total. The summed E-state index contributed by atoms with van der Waals surface area (Å²) < 4.78 is 34.9. The van der Waals surface area contributed by atoms with Crippen LogP contribution in [-0.2, 0) is 70.2 Å². The number of methoxy groups -OCH3 is 2. The van der Waals surface area contributed by atoms with Gasteiger partial charge < -0.3 is 48.2 Å². The van der Waals surface area contributed by atoms with Gasteiger partial charge >= 0.3 is 18.0 Å². The predicted molar refractivity (Wildman–Crippen MR) is 310 cm³/mol. The number of benzene rings is 2. The van der Waals surface area contributed by atoms with Gasteiger partial charge in [-0.15, -0.1) is 5.06 Å². The molecule has 83 heavy (non-hydrogen) atoms. The zero-order valence-corrected chi connectivity index (χ0v) is 50.9. The number of allylic oxidation sites excluding steroid dienone is 3. The van der Waals surface area contributed by atoms with E-state index >= 15 is 0 Å². The molecule has 2 aromatic carbocycles. The molecule has 25 heteroatoms. The molecule has 0 saturated carbocycles. The summed E-state index contributed by atoms with van der Waals surface area (Å²) in [5.74, 6) is -2.94. The number of carbonyl (C=O) groups excluding carboxylic acids is 8. The summed E-state index contributed by atoms with van der Waals surface area (Å²) in [5.41, 5.74) is 4.22. The van der Waals surface area contributed by atoms with Crippen molar-refractivity contribution in [1.82, 2.24) is 20.7 Å². The van der Waals surface area contributed by atoms with E-state index in [-0.39, 0.29) is 68.4 Å². The summed E-state index contributed by atoms with van der Waals surface area (Å²) in [6, 6.07) is 8.05. The zero-order valence-electron chi connectivity index (χ0n) is 48.5. The summed E-state index contributed by atoms with van der Waals surface area (Å²) in [6.45, 7) is 11.0. The van der Waals surface area contributed by atoms with Gasteiger partial charge in [0.25, 0.3) is 11.8 Å². The number of halogens is 1. The number of aryl methyl sites for hydroxylation is 1. The van der Waals surface area contributed by atoms with Crippen LogP contribution in [0.3, 0.4) is 0 Å². The minimum Gasteiger partial charge on any atom is -0.495 e. The van der Waals surface area contributed by atoms with Crippen molar-refractivity contribution in [2.75, 3.05) is 45.6 Å². The Labute approximate surface area is 496 Å². The Morgan fingerprint density at radius 1 is 1.05 bits per heavy atom. The van der Waals surface area contributed by atoms with Crippen molar-refractivity contribution in [1.29, 1.82) is 0 Å². The van der Waals surface area contributed by atoms with Gasteiger partial charge in [-0.25, -0.2) is 19.8 Å². The summed E-state index contributed by atoms with van der Waals surface area (Å²) in [4.78, 5) is 112. The van der Waals surface area contributed by atoms with Gasteiger partial charge in [0.15, 0.2) is 5.72 Å². The van der Waals surface area contributed by atoms with Crippen LogP contribution < -0.4 is 25.1 Å². The summed E-state index contributed by atoms with van der Waals surface area (Å²) in [7, 11) is 8.81. The Morgan fingerprint density at radius 2 is 1.78 bits per heavy atom. The van der Waals surface area contributed by atoms with Gasteiger partial charge in [0, 0.05) is 75.3 Å². The molecule has 3 saturated heterocycles. The average Bonchev–Trinajstić information content (AvgIpc) is 2.25. The van der Waals surface area contributed by atoms with Crippen LogP contribution in [-0.4, -0.2) is 156 Å². The minimum absolute atomic E-state index is 0.0241. The molecule has 7 rings (SSSR count). The number of hydrogen-bond donors (Lipinski definition) is 3. The number of alkyl carbamates (subject to hydrolysis) is 1. The number of hydrogen-bond acceptors (Lipinski definition) is 19. The predicted octanol–water partition coefficient (Wildman–Crippen LogP) is 7.08. The monoisotopic (exact) mass is 1210 g/mol. The number of carbonyl (C=O) groups is 8. The second kappa shape index (κ2) is 27.7. The molecule has 8 atom stereocenters. The number of amides is 6. The number of hydroxylamine groups is 2. The van der Waals surface area contributed by atoms with Crippen LogP contribution in [0.2, 0.25) is 5.02 Å². The number of anilines is 1. The van der Waals surface area contributed by atoms with Gasteiger partial charge in [-0.2, -0.15) is 5.10 Å². The quantitative estimate of drug-likeness (QED) is 0.0317. The first-order chi connectivity index (χ1) is 39.3. The lowest BCUT2D eigenvalue weighted by Gasteiger charge is -2.42. The molecular formula is C58H75ClN6O16S2. The maximum absolute atomic E-state index is 14.4. The van der Waals surface area contributed by atoms with Crippen LogP contribution >= 0.6 is 33.2 Å². The third kappa shape index (κ3) is 16.2. The highest BCUT2D eigenvalue weighted by atomic mass is 35.5. The maximum atomic E-state index is 14.4. The first-order valence-corrected chi connectivity index (χ1v) is 30.3. The Balaban J connectivity index is 0.925. The molecule has 0 aromatic heterocycles. The number of nitrogens with zero attached hydrogens (tertiary/aromatic N) is 4. The third-order valence-electron chi connectivity index (χ3n) is 15.4. The lowest BCUT2D eigenvalue weighted by molar-refractivity contribution is -0.197. The second-order valence-corrected chi connectivity index (χ2v) is 25.8. The lowest BCUT2D eigenvalue weighted by Crippen LogP contribution is -2.63. The highest BCUT2D eigenvalue weighted by Gasteiger charge is 2.64. The van der Waals surface area contributed by atoms with Crippen LogP contribution in [0.5, 0.6) is 11.5 Å². The van der Waals surface area contributed by atoms with Crippen molar-refractivity contribution in [2.24, 2.45) is 11.0 Å². The van der Waals surface area contributed by atoms with Crippen LogP contribution in [0.15, 0.2) is 59.2 Å². The van der Waals surface area contributed by atoms with Crippen molar-refractivity contribution in [3.63, 3.8) is 0 Å².